The van der Waals surface area contributed by atoms with Crippen LogP contribution in [0.25, 0.3) is 0 Å². The molecule has 27 heavy (non-hydrogen) atoms. The van der Waals surface area contributed by atoms with Crippen LogP contribution in [0.4, 0.5) is 10.1 Å². The van der Waals surface area contributed by atoms with Crippen molar-refractivity contribution in [3.05, 3.63) is 50.7 Å². The Morgan fingerprint density at radius 3 is 2.56 bits per heavy atom. The number of phenols is 1. The van der Waals surface area contributed by atoms with Crippen LogP contribution in [0.1, 0.15) is 34.7 Å². The zero-order chi connectivity index (χ0) is 19.9. The van der Waals surface area contributed by atoms with Crippen molar-refractivity contribution in [2.45, 2.75) is 23.7 Å². The van der Waals surface area contributed by atoms with Crippen LogP contribution in [-0.2, 0) is 10.0 Å². The van der Waals surface area contributed by atoms with Gasteiger partial charge < -0.3 is 10.4 Å². The molecule has 0 bridgehead atoms. The van der Waals surface area contributed by atoms with E-state index in [9.17, 15) is 22.7 Å². The summed E-state index contributed by atoms with van der Waals surface area (Å²) >= 11 is 8.96. The molecule has 2 aromatic carbocycles. The number of benzene rings is 2. The first-order valence-electron chi connectivity index (χ1n) is 7.90. The smallest absolute Gasteiger partial charge is 0.265 e. The molecule has 0 aromatic heterocycles. The molecule has 1 aliphatic rings. The summed E-state index contributed by atoms with van der Waals surface area (Å²) in [4.78, 5) is 11.5. The Balaban J connectivity index is 2.07. The fraction of sp³-hybridized carbons (Fsp3) is 0.235. The first-order chi connectivity index (χ1) is 12.6. The van der Waals surface area contributed by atoms with Crippen molar-refractivity contribution in [1.29, 1.82) is 0 Å². The quantitative estimate of drug-likeness (QED) is 0.607. The molecule has 2 aromatic rings. The van der Waals surface area contributed by atoms with Crippen LogP contribution >= 0.6 is 27.5 Å². The van der Waals surface area contributed by atoms with Crippen molar-refractivity contribution in [2.75, 3.05) is 11.8 Å². The molecule has 0 saturated heterocycles. The molecule has 1 aliphatic carbocycles. The summed E-state index contributed by atoms with van der Waals surface area (Å²) in [5.41, 5.74) is 0.0498. The van der Waals surface area contributed by atoms with Gasteiger partial charge in [0.05, 0.1) is 16.3 Å². The lowest BCUT2D eigenvalue weighted by Gasteiger charge is -2.14. The van der Waals surface area contributed by atoms with E-state index in [2.05, 4.69) is 26.0 Å². The molecule has 1 saturated carbocycles. The number of aromatic hydroxyl groups is 1. The van der Waals surface area contributed by atoms with Crippen LogP contribution in [0, 0.1) is 5.82 Å². The van der Waals surface area contributed by atoms with E-state index < -0.39 is 32.4 Å². The van der Waals surface area contributed by atoms with E-state index in [1.54, 1.807) is 0 Å². The Morgan fingerprint density at radius 1 is 1.30 bits per heavy atom. The van der Waals surface area contributed by atoms with Crippen molar-refractivity contribution < 1.29 is 22.7 Å². The third-order valence-electron chi connectivity index (χ3n) is 4.12. The topological polar surface area (TPSA) is 95.5 Å². The van der Waals surface area contributed by atoms with Crippen molar-refractivity contribution in [3.8, 4) is 5.75 Å². The second kappa shape index (κ2) is 7.29. The fourth-order valence-corrected chi connectivity index (χ4v) is 4.86. The number of hydrogen-bond acceptors (Lipinski definition) is 4. The van der Waals surface area contributed by atoms with E-state index in [1.807, 2.05) is 0 Å². The van der Waals surface area contributed by atoms with Gasteiger partial charge in [-0.3, -0.25) is 9.52 Å². The largest absolute Gasteiger partial charge is 0.505 e. The van der Waals surface area contributed by atoms with Gasteiger partial charge >= 0.3 is 0 Å². The molecule has 0 spiro atoms. The van der Waals surface area contributed by atoms with Gasteiger partial charge in [-0.05, 0) is 48.6 Å². The first kappa shape index (κ1) is 19.9. The maximum absolute atomic E-state index is 14.6. The molecular formula is C17H15BrClFN2O4S. The van der Waals surface area contributed by atoms with Gasteiger partial charge in [-0.15, -0.1) is 0 Å². The van der Waals surface area contributed by atoms with E-state index in [1.165, 1.54) is 25.2 Å². The highest BCUT2D eigenvalue weighted by Gasteiger charge is 2.30. The third-order valence-corrected chi connectivity index (χ3v) is 6.27. The molecule has 0 radical (unpaired) electrons. The van der Waals surface area contributed by atoms with E-state index in [-0.39, 0.29) is 27.8 Å². The van der Waals surface area contributed by atoms with Gasteiger partial charge in [-0.25, -0.2) is 12.8 Å². The van der Waals surface area contributed by atoms with E-state index in [0.717, 1.165) is 18.9 Å². The minimum atomic E-state index is -4.24. The standard InChI is InChI=1S/C17H15BrClFN2O4S/c1-21-17(24)12-7-10(6-11(15(12)20)8-2-3-8)22-27(25,26)14-5-9(18)4-13(19)16(14)23/h4-8,22-23H,2-3H2,1H3,(H,21,24). The molecule has 1 fully saturated rings. The predicted molar refractivity (Wildman–Crippen MR) is 103 cm³/mol. The maximum atomic E-state index is 14.6. The van der Waals surface area contributed by atoms with Gasteiger partial charge in [0, 0.05) is 11.5 Å². The summed E-state index contributed by atoms with van der Waals surface area (Å²) in [6.07, 6.45) is 1.53. The average molecular weight is 478 g/mol. The Morgan fingerprint density at radius 2 is 1.96 bits per heavy atom. The van der Waals surface area contributed by atoms with Crippen LogP contribution in [0.3, 0.4) is 0 Å². The number of anilines is 1. The minimum absolute atomic E-state index is 0.0207. The number of phenolic OH excluding ortho intramolecular Hbond substituents is 1. The van der Waals surface area contributed by atoms with Gasteiger partial charge in [0.1, 0.15) is 10.7 Å². The molecule has 10 heteroatoms. The highest BCUT2D eigenvalue weighted by Crippen LogP contribution is 2.43. The molecule has 0 unspecified atom stereocenters. The summed E-state index contributed by atoms with van der Waals surface area (Å²) < 4.78 is 42.7. The summed E-state index contributed by atoms with van der Waals surface area (Å²) in [7, 11) is -2.88. The van der Waals surface area contributed by atoms with Crippen LogP contribution in [0.15, 0.2) is 33.6 Å². The molecule has 0 atom stereocenters. The molecule has 3 rings (SSSR count). The number of hydrogen-bond donors (Lipinski definition) is 3. The molecule has 3 N–H and O–H groups in total. The van der Waals surface area contributed by atoms with Crippen LogP contribution < -0.4 is 10.0 Å². The fourth-order valence-electron chi connectivity index (χ4n) is 2.65. The van der Waals surface area contributed by atoms with Crippen LogP contribution in [0.2, 0.25) is 5.02 Å². The molecular weight excluding hydrogens is 463 g/mol. The van der Waals surface area contributed by atoms with Crippen molar-refractivity contribution >= 4 is 49.1 Å². The number of sulfonamides is 1. The summed E-state index contributed by atoms with van der Waals surface area (Å²) in [6.45, 7) is 0. The maximum Gasteiger partial charge on any atom is 0.265 e. The van der Waals surface area contributed by atoms with Gasteiger partial charge in [0.15, 0.2) is 5.75 Å². The Bertz CT molecular complexity index is 1040. The lowest BCUT2D eigenvalue weighted by Crippen LogP contribution is -2.21. The number of carbonyl (C=O) groups is 1. The van der Waals surface area contributed by atoms with Crippen LogP contribution in [0.5, 0.6) is 5.75 Å². The van der Waals surface area contributed by atoms with Gasteiger partial charge in [0.2, 0.25) is 0 Å². The van der Waals surface area contributed by atoms with Crippen molar-refractivity contribution in [1.82, 2.24) is 5.32 Å². The molecule has 144 valence electrons. The number of carbonyl (C=O) groups excluding carboxylic acids is 1. The minimum Gasteiger partial charge on any atom is -0.505 e. The Kier molecular flexibility index (Phi) is 5.38. The summed E-state index contributed by atoms with van der Waals surface area (Å²) in [6, 6.07) is 5.03. The van der Waals surface area contributed by atoms with E-state index in [0.29, 0.717) is 4.47 Å². The first-order valence-corrected chi connectivity index (χ1v) is 10.6. The van der Waals surface area contributed by atoms with E-state index >= 15 is 0 Å². The number of amides is 1. The second-order valence-electron chi connectivity index (χ2n) is 6.12. The lowest BCUT2D eigenvalue weighted by atomic mass is 10.0. The van der Waals surface area contributed by atoms with Gasteiger partial charge in [-0.2, -0.15) is 0 Å². The Labute approximate surface area is 168 Å². The normalized spacial score (nSPS) is 14.1. The predicted octanol–water partition coefficient (Wildman–Crippen LogP) is 3.99. The lowest BCUT2D eigenvalue weighted by molar-refractivity contribution is 0.0959. The zero-order valence-corrected chi connectivity index (χ0v) is 17.2. The van der Waals surface area contributed by atoms with Crippen molar-refractivity contribution in [3.63, 3.8) is 0 Å². The molecule has 0 heterocycles. The van der Waals surface area contributed by atoms with E-state index in [4.69, 9.17) is 11.6 Å². The SMILES string of the molecule is CNC(=O)c1cc(NS(=O)(=O)c2cc(Br)cc(Cl)c2O)cc(C2CC2)c1F. The highest BCUT2D eigenvalue weighted by atomic mass is 79.9. The molecule has 6 nitrogen and oxygen atoms in total. The number of halogens is 3. The van der Waals surface area contributed by atoms with Crippen LogP contribution in [-0.4, -0.2) is 26.5 Å². The van der Waals surface area contributed by atoms with Crippen molar-refractivity contribution in [2.24, 2.45) is 0 Å². The highest BCUT2D eigenvalue weighted by molar-refractivity contribution is 9.10. The molecule has 1 amide bonds. The average Bonchev–Trinajstić information content (AvgIpc) is 3.43. The number of nitrogens with one attached hydrogen (secondary N) is 2. The van der Waals surface area contributed by atoms with Gasteiger partial charge in [0.25, 0.3) is 15.9 Å². The third kappa shape index (κ3) is 4.04. The Hall–Kier alpha value is -1.84. The number of rotatable bonds is 5. The monoisotopic (exact) mass is 476 g/mol. The summed E-state index contributed by atoms with van der Waals surface area (Å²) in [5.74, 6) is -1.98. The molecule has 0 aliphatic heterocycles. The summed E-state index contributed by atoms with van der Waals surface area (Å²) in [5, 5.41) is 12.2. The zero-order valence-electron chi connectivity index (χ0n) is 14.0. The van der Waals surface area contributed by atoms with Gasteiger partial charge in [-0.1, -0.05) is 27.5 Å². The second-order valence-corrected chi connectivity index (χ2v) is 9.09.